The average Bonchev–Trinajstić information content (AvgIpc) is 2.83. The summed E-state index contributed by atoms with van der Waals surface area (Å²) in [6.45, 7) is 2.54. The van der Waals surface area contributed by atoms with E-state index in [2.05, 4.69) is 10.1 Å². The minimum atomic E-state index is -0.380. The van der Waals surface area contributed by atoms with E-state index in [0.717, 1.165) is 11.3 Å². The van der Waals surface area contributed by atoms with Gasteiger partial charge in [0.15, 0.2) is 0 Å². The molecule has 0 aromatic carbocycles. The molecule has 2 rings (SSSR count). The molecule has 0 aliphatic carbocycles. The highest BCUT2D eigenvalue weighted by molar-refractivity contribution is 5.88. The van der Waals surface area contributed by atoms with Gasteiger partial charge in [-0.2, -0.15) is 5.10 Å². The van der Waals surface area contributed by atoms with E-state index in [1.54, 1.807) is 23.1 Å². The molecule has 0 aliphatic rings. The van der Waals surface area contributed by atoms with Crippen molar-refractivity contribution in [1.29, 1.82) is 0 Å². The molecule has 2 aromatic heterocycles. The van der Waals surface area contributed by atoms with Crippen LogP contribution in [0.2, 0.25) is 0 Å². The maximum Gasteiger partial charge on any atom is 0.356 e. The van der Waals surface area contributed by atoms with Crippen molar-refractivity contribution in [2.24, 2.45) is 0 Å². The molecular formula is C12H13N3O2. The molecule has 0 aliphatic heterocycles. The van der Waals surface area contributed by atoms with Crippen molar-refractivity contribution in [3.63, 3.8) is 0 Å². The Kier molecular flexibility index (Phi) is 3.18. The molecule has 2 aromatic rings. The van der Waals surface area contributed by atoms with Crippen LogP contribution in [0, 0.1) is 0 Å². The number of hydrogen-bond acceptors (Lipinski definition) is 4. The molecule has 0 saturated carbocycles. The third kappa shape index (κ3) is 2.18. The summed E-state index contributed by atoms with van der Waals surface area (Å²) in [7, 11) is 1.36. The highest BCUT2D eigenvalue weighted by Gasteiger charge is 2.15. The molecule has 0 bridgehead atoms. The Labute approximate surface area is 99.1 Å². The van der Waals surface area contributed by atoms with Crippen molar-refractivity contribution in [2.45, 2.75) is 13.5 Å². The fourth-order valence-corrected chi connectivity index (χ4v) is 1.58. The molecule has 0 fully saturated rings. The molecule has 2 heterocycles. The molecule has 0 atom stereocenters. The van der Waals surface area contributed by atoms with E-state index in [1.165, 1.54) is 7.11 Å². The second-order valence-electron chi connectivity index (χ2n) is 3.46. The van der Waals surface area contributed by atoms with Crippen LogP contribution in [0.25, 0.3) is 11.3 Å². The third-order valence-corrected chi connectivity index (χ3v) is 2.43. The highest BCUT2D eigenvalue weighted by atomic mass is 16.5. The van der Waals surface area contributed by atoms with Gasteiger partial charge in [-0.25, -0.2) is 4.79 Å². The van der Waals surface area contributed by atoms with Crippen molar-refractivity contribution in [2.75, 3.05) is 7.11 Å². The molecular weight excluding hydrogens is 218 g/mol. The van der Waals surface area contributed by atoms with Crippen molar-refractivity contribution < 1.29 is 9.53 Å². The molecule has 0 N–H and O–H groups in total. The van der Waals surface area contributed by atoms with Gasteiger partial charge in [0.25, 0.3) is 0 Å². The van der Waals surface area contributed by atoms with Crippen LogP contribution in [0.5, 0.6) is 0 Å². The first-order valence-corrected chi connectivity index (χ1v) is 5.32. The summed E-state index contributed by atoms with van der Waals surface area (Å²) in [5, 5.41) is 4.34. The smallest absolute Gasteiger partial charge is 0.356 e. The molecule has 0 amide bonds. The number of methoxy groups -OCH3 is 1. The average molecular weight is 231 g/mol. The lowest BCUT2D eigenvalue weighted by Gasteiger charge is -2.00. The first-order chi connectivity index (χ1) is 8.26. The first-order valence-electron chi connectivity index (χ1n) is 5.32. The number of nitrogens with zero attached hydrogens (tertiary/aromatic N) is 3. The normalized spacial score (nSPS) is 10.2. The van der Waals surface area contributed by atoms with Gasteiger partial charge in [-0.1, -0.05) is 0 Å². The second kappa shape index (κ2) is 4.78. The lowest BCUT2D eigenvalue weighted by Crippen LogP contribution is -2.10. The second-order valence-corrected chi connectivity index (χ2v) is 3.46. The van der Waals surface area contributed by atoms with Crippen molar-refractivity contribution >= 4 is 5.97 Å². The first kappa shape index (κ1) is 11.3. The number of carbonyl (C=O) groups is 1. The van der Waals surface area contributed by atoms with E-state index in [1.807, 2.05) is 19.1 Å². The molecule has 0 radical (unpaired) electrons. The van der Waals surface area contributed by atoms with E-state index in [-0.39, 0.29) is 5.97 Å². The molecule has 88 valence electrons. The third-order valence-electron chi connectivity index (χ3n) is 2.43. The van der Waals surface area contributed by atoms with Crippen LogP contribution < -0.4 is 0 Å². The van der Waals surface area contributed by atoms with Crippen LogP contribution in [-0.2, 0) is 11.3 Å². The minimum Gasteiger partial charge on any atom is -0.464 e. The number of aryl methyl sites for hydroxylation is 1. The van der Waals surface area contributed by atoms with Crippen LogP contribution in [0.4, 0.5) is 0 Å². The largest absolute Gasteiger partial charge is 0.464 e. The van der Waals surface area contributed by atoms with E-state index in [0.29, 0.717) is 12.2 Å². The topological polar surface area (TPSA) is 57.0 Å². The SMILES string of the molecule is CCn1nc(-c2cccnc2)cc1C(=O)OC. The van der Waals surface area contributed by atoms with Gasteiger partial charge < -0.3 is 4.74 Å². The van der Waals surface area contributed by atoms with Gasteiger partial charge in [0.05, 0.1) is 12.8 Å². The summed E-state index contributed by atoms with van der Waals surface area (Å²) in [4.78, 5) is 15.6. The fraction of sp³-hybridized carbons (Fsp3) is 0.250. The summed E-state index contributed by atoms with van der Waals surface area (Å²) < 4.78 is 6.33. The number of pyridine rings is 1. The van der Waals surface area contributed by atoms with Gasteiger partial charge in [0.1, 0.15) is 5.69 Å². The number of ether oxygens (including phenoxy) is 1. The molecule has 5 nitrogen and oxygen atoms in total. The van der Waals surface area contributed by atoms with E-state index < -0.39 is 0 Å². The highest BCUT2D eigenvalue weighted by Crippen LogP contribution is 2.18. The summed E-state index contributed by atoms with van der Waals surface area (Å²) >= 11 is 0. The maximum absolute atomic E-state index is 11.5. The number of rotatable bonds is 3. The zero-order chi connectivity index (χ0) is 12.3. The van der Waals surface area contributed by atoms with Crippen molar-refractivity contribution in [3.8, 4) is 11.3 Å². The summed E-state index contributed by atoms with van der Waals surface area (Å²) in [6.07, 6.45) is 3.41. The number of esters is 1. The monoisotopic (exact) mass is 231 g/mol. The number of carbonyl (C=O) groups excluding carboxylic acids is 1. The lowest BCUT2D eigenvalue weighted by molar-refractivity contribution is 0.0587. The van der Waals surface area contributed by atoms with Gasteiger partial charge in [-0.15, -0.1) is 0 Å². The predicted molar refractivity (Wildman–Crippen MR) is 62.5 cm³/mol. The quantitative estimate of drug-likeness (QED) is 0.755. The van der Waals surface area contributed by atoms with Gasteiger partial charge in [-0.3, -0.25) is 9.67 Å². The van der Waals surface area contributed by atoms with Crippen LogP contribution in [0.3, 0.4) is 0 Å². The Balaban J connectivity index is 2.45. The molecule has 0 unspecified atom stereocenters. The lowest BCUT2D eigenvalue weighted by atomic mass is 10.2. The zero-order valence-electron chi connectivity index (χ0n) is 9.75. The van der Waals surface area contributed by atoms with Crippen LogP contribution >= 0.6 is 0 Å². The Morgan fingerprint density at radius 3 is 2.94 bits per heavy atom. The maximum atomic E-state index is 11.5. The summed E-state index contributed by atoms with van der Waals surface area (Å²) in [6, 6.07) is 5.45. The zero-order valence-corrected chi connectivity index (χ0v) is 9.75. The van der Waals surface area contributed by atoms with Gasteiger partial charge in [0.2, 0.25) is 0 Å². The number of aromatic nitrogens is 3. The van der Waals surface area contributed by atoms with E-state index >= 15 is 0 Å². The number of hydrogen-bond donors (Lipinski definition) is 0. The fourth-order valence-electron chi connectivity index (χ4n) is 1.58. The molecule has 0 saturated heterocycles. The van der Waals surface area contributed by atoms with Gasteiger partial charge in [-0.05, 0) is 25.1 Å². The van der Waals surface area contributed by atoms with Crippen molar-refractivity contribution in [1.82, 2.24) is 14.8 Å². The summed E-state index contributed by atoms with van der Waals surface area (Å²) in [5.74, 6) is -0.380. The van der Waals surface area contributed by atoms with Crippen molar-refractivity contribution in [3.05, 3.63) is 36.3 Å². The van der Waals surface area contributed by atoms with E-state index in [4.69, 9.17) is 4.74 Å². The molecule has 5 heteroatoms. The van der Waals surface area contributed by atoms with Crippen LogP contribution in [0.15, 0.2) is 30.6 Å². The predicted octanol–water partition coefficient (Wildman–Crippen LogP) is 1.75. The molecule has 17 heavy (non-hydrogen) atoms. The minimum absolute atomic E-state index is 0.380. The Morgan fingerprint density at radius 1 is 1.53 bits per heavy atom. The van der Waals surface area contributed by atoms with E-state index in [9.17, 15) is 4.79 Å². The molecule has 0 spiro atoms. The van der Waals surface area contributed by atoms with Gasteiger partial charge in [0, 0.05) is 24.5 Å². The summed E-state index contributed by atoms with van der Waals surface area (Å²) in [5.41, 5.74) is 2.05. The Bertz CT molecular complexity index is 520. The van der Waals surface area contributed by atoms with Crippen LogP contribution in [-0.4, -0.2) is 27.8 Å². The standard InChI is InChI=1S/C12H13N3O2/c1-3-15-11(12(16)17-2)7-10(14-15)9-5-4-6-13-8-9/h4-8H,3H2,1-2H3. The Morgan fingerprint density at radius 2 is 2.35 bits per heavy atom. The van der Waals surface area contributed by atoms with Gasteiger partial charge >= 0.3 is 5.97 Å². The Hall–Kier alpha value is -2.17. The van der Waals surface area contributed by atoms with Crippen LogP contribution in [0.1, 0.15) is 17.4 Å².